The van der Waals surface area contributed by atoms with Crippen molar-refractivity contribution in [1.82, 2.24) is 0 Å². The van der Waals surface area contributed by atoms with Crippen LogP contribution < -0.4 is 0 Å². The standard InChI is InChI=1S/C10H20O2.C4H8O2/c1-3-5-6-7-8-9-10(11)12-4-2;1-3-6-4(2)5/h3-9H2,1-2H3;3H2,1-2H3. The van der Waals surface area contributed by atoms with Gasteiger partial charge < -0.3 is 9.47 Å². The van der Waals surface area contributed by atoms with Crippen molar-refractivity contribution in [3.05, 3.63) is 0 Å². The monoisotopic (exact) mass is 260 g/mol. The number of unbranched alkanes of at least 4 members (excludes halogenated alkanes) is 4. The molecule has 0 saturated heterocycles. The summed E-state index contributed by atoms with van der Waals surface area (Å²) in [6.45, 7) is 8.19. The lowest BCUT2D eigenvalue weighted by molar-refractivity contribution is -0.143. The minimum absolute atomic E-state index is 0.0472. The van der Waals surface area contributed by atoms with Gasteiger partial charge in [0.05, 0.1) is 13.2 Å². The summed E-state index contributed by atoms with van der Waals surface area (Å²) in [6, 6.07) is 0. The number of hydrogen-bond acceptors (Lipinski definition) is 4. The van der Waals surface area contributed by atoms with Gasteiger partial charge in [-0.2, -0.15) is 0 Å². The third kappa shape index (κ3) is 20.4. The molecule has 0 bridgehead atoms. The first-order valence-electron chi connectivity index (χ1n) is 6.87. The summed E-state index contributed by atoms with van der Waals surface area (Å²) in [6.07, 6.45) is 6.52. The van der Waals surface area contributed by atoms with Gasteiger partial charge in [0.1, 0.15) is 0 Å². The van der Waals surface area contributed by atoms with Crippen LogP contribution in [0, 0.1) is 0 Å². The molecule has 0 aliphatic heterocycles. The molecule has 0 N–H and O–H groups in total. The van der Waals surface area contributed by atoms with Crippen LogP contribution in [0.25, 0.3) is 0 Å². The Labute approximate surface area is 111 Å². The van der Waals surface area contributed by atoms with Gasteiger partial charge in [-0.1, -0.05) is 32.6 Å². The Morgan fingerprint density at radius 1 is 0.833 bits per heavy atom. The van der Waals surface area contributed by atoms with E-state index in [0.717, 1.165) is 12.8 Å². The minimum atomic E-state index is -0.211. The third-order valence-corrected chi connectivity index (χ3v) is 2.14. The SMILES string of the molecule is CCCCCCCC(=O)OCC.CCOC(C)=O. The van der Waals surface area contributed by atoms with E-state index in [-0.39, 0.29) is 11.9 Å². The van der Waals surface area contributed by atoms with Crippen LogP contribution in [0.15, 0.2) is 0 Å². The van der Waals surface area contributed by atoms with Crippen LogP contribution in [0.2, 0.25) is 0 Å². The quantitative estimate of drug-likeness (QED) is 0.495. The Morgan fingerprint density at radius 2 is 1.39 bits per heavy atom. The lowest BCUT2D eigenvalue weighted by atomic mass is 10.1. The van der Waals surface area contributed by atoms with Crippen molar-refractivity contribution in [2.75, 3.05) is 13.2 Å². The summed E-state index contributed by atoms with van der Waals surface area (Å²) in [5, 5.41) is 0. The van der Waals surface area contributed by atoms with Crippen molar-refractivity contribution in [2.24, 2.45) is 0 Å². The predicted molar refractivity (Wildman–Crippen MR) is 72.3 cm³/mol. The van der Waals surface area contributed by atoms with Gasteiger partial charge in [0.2, 0.25) is 0 Å². The zero-order valence-corrected chi connectivity index (χ0v) is 12.3. The van der Waals surface area contributed by atoms with Crippen LogP contribution in [0.4, 0.5) is 0 Å². The first-order valence-corrected chi connectivity index (χ1v) is 6.87. The van der Waals surface area contributed by atoms with Gasteiger partial charge in [-0.15, -0.1) is 0 Å². The van der Waals surface area contributed by atoms with Crippen molar-refractivity contribution in [2.45, 2.75) is 66.2 Å². The first kappa shape index (κ1) is 19.3. The molecule has 0 unspecified atom stereocenters. The summed E-state index contributed by atoms with van der Waals surface area (Å²) in [7, 11) is 0. The Hall–Kier alpha value is -1.06. The van der Waals surface area contributed by atoms with E-state index in [1.807, 2.05) is 6.92 Å². The van der Waals surface area contributed by atoms with E-state index in [1.54, 1.807) is 6.92 Å². The zero-order valence-electron chi connectivity index (χ0n) is 12.3. The molecule has 0 aliphatic rings. The number of rotatable bonds is 8. The van der Waals surface area contributed by atoms with Crippen molar-refractivity contribution >= 4 is 11.9 Å². The fourth-order valence-electron chi connectivity index (χ4n) is 1.31. The van der Waals surface area contributed by atoms with Gasteiger partial charge >= 0.3 is 11.9 Å². The highest BCUT2D eigenvalue weighted by Gasteiger charge is 1.99. The van der Waals surface area contributed by atoms with Crippen molar-refractivity contribution < 1.29 is 19.1 Å². The highest BCUT2D eigenvalue weighted by atomic mass is 16.5. The molecule has 0 aliphatic carbocycles. The molecule has 0 spiro atoms. The molecule has 0 heterocycles. The fraction of sp³-hybridized carbons (Fsp3) is 0.857. The Bertz CT molecular complexity index is 202. The summed E-state index contributed by atoms with van der Waals surface area (Å²) in [5.41, 5.74) is 0. The van der Waals surface area contributed by atoms with Crippen molar-refractivity contribution in [1.29, 1.82) is 0 Å². The van der Waals surface area contributed by atoms with Gasteiger partial charge in [-0.25, -0.2) is 0 Å². The van der Waals surface area contributed by atoms with Crippen LogP contribution in [-0.2, 0) is 19.1 Å². The van der Waals surface area contributed by atoms with Crippen LogP contribution in [0.1, 0.15) is 66.2 Å². The maximum absolute atomic E-state index is 10.9. The summed E-state index contributed by atoms with van der Waals surface area (Å²) in [5.74, 6) is -0.258. The third-order valence-electron chi connectivity index (χ3n) is 2.14. The minimum Gasteiger partial charge on any atom is -0.466 e. The smallest absolute Gasteiger partial charge is 0.305 e. The van der Waals surface area contributed by atoms with E-state index >= 15 is 0 Å². The van der Waals surface area contributed by atoms with Crippen molar-refractivity contribution in [3.8, 4) is 0 Å². The van der Waals surface area contributed by atoms with Crippen LogP contribution >= 0.6 is 0 Å². The van der Waals surface area contributed by atoms with E-state index in [9.17, 15) is 9.59 Å². The Balaban J connectivity index is 0. The molecular formula is C14H28O4. The molecule has 108 valence electrons. The zero-order chi connectivity index (χ0) is 14.2. The average Bonchev–Trinajstić information content (AvgIpc) is 2.30. The van der Waals surface area contributed by atoms with E-state index in [4.69, 9.17) is 4.74 Å². The predicted octanol–water partition coefficient (Wildman–Crippen LogP) is 3.48. The summed E-state index contributed by atoms with van der Waals surface area (Å²) in [4.78, 5) is 20.7. The molecule has 0 aromatic heterocycles. The molecule has 18 heavy (non-hydrogen) atoms. The van der Waals surface area contributed by atoms with E-state index in [1.165, 1.54) is 26.2 Å². The lowest BCUT2D eigenvalue weighted by Crippen LogP contribution is -2.02. The first-order chi connectivity index (χ1) is 8.58. The molecule has 0 rings (SSSR count). The fourth-order valence-corrected chi connectivity index (χ4v) is 1.31. The molecule has 0 aromatic carbocycles. The second kappa shape index (κ2) is 15.9. The number of esters is 2. The lowest BCUT2D eigenvalue weighted by Gasteiger charge is -2.00. The van der Waals surface area contributed by atoms with Crippen LogP contribution in [0.3, 0.4) is 0 Å². The average molecular weight is 260 g/mol. The molecule has 0 fully saturated rings. The topological polar surface area (TPSA) is 52.6 Å². The molecule has 4 nitrogen and oxygen atoms in total. The highest BCUT2D eigenvalue weighted by Crippen LogP contribution is 2.05. The molecule has 0 atom stereocenters. The molecule has 4 heteroatoms. The Morgan fingerprint density at radius 3 is 1.78 bits per heavy atom. The Kier molecular flexibility index (Phi) is 17.1. The number of carbonyl (C=O) groups excluding carboxylic acids is 2. The van der Waals surface area contributed by atoms with Crippen LogP contribution in [0.5, 0.6) is 0 Å². The van der Waals surface area contributed by atoms with Gasteiger partial charge in [0.25, 0.3) is 0 Å². The largest absolute Gasteiger partial charge is 0.466 e. The molecule has 0 aromatic rings. The molecule has 0 amide bonds. The normalized spacial score (nSPS) is 9.11. The molecule has 0 radical (unpaired) electrons. The molecular weight excluding hydrogens is 232 g/mol. The summed E-state index contributed by atoms with van der Waals surface area (Å²) >= 11 is 0. The second-order valence-electron chi connectivity index (χ2n) is 3.89. The molecule has 0 saturated carbocycles. The van der Waals surface area contributed by atoms with Gasteiger partial charge in [-0.05, 0) is 20.3 Å². The van der Waals surface area contributed by atoms with E-state index in [2.05, 4.69) is 11.7 Å². The van der Waals surface area contributed by atoms with E-state index < -0.39 is 0 Å². The number of carbonyl (C=O) groups is 2. The van der Waals surface area contributed by atoms with Crippen LogP contribution in [-0.4, -0.2) is 25.2 Å². The van der Waals surface area contributed by atoms with E-state index in [0.29, 0.717) is 19.6 Å². The van der Waals surface area contributed by atoms with Crippen molar-refractivity contribution in [3.63, 3.8) is 0 Å². The van der Waals surface area contributed by atoms with Gasteiger partial charge in [-0.3, -0.25) is 9.59 Å². The number of ether oxygens (including phenoxy) is 2. The number of hydrogen-bond donors (Lipinski definition) is 0. The maximum atomic E-state index is 10.9. The van der Waals surface area contributed by atoms with Gasteiger partial charge in [0.15, 0.2) is 0 Å². The van der Waals surface area contributed by atoms with Gasteiger partial charge in [0, 0.05) is 13.3 Å². The summed E-state index contributed by atoms with van der Waals surface area (Å²) < 4.78 is 9.21. The second-order valence-corrected chi connectivity index (χ2v) is 3.89. The highest BCUT2D eigenvalue weighted by molar-refractivity contribution is 5.69. The maximum Gasteiger partial charge on any atom is 0.305 e.